The number of hydrogen-bond donors (Lipinski definition) is 3. The molecule has 0 radical (unpaired) electrons. The van der Waals surface area contributed by atoms with Gasteiger partial charge >= 0.3 is 11.9 Å². The molecular weight excluding hydrogens is 230 g/mol. The molecule has 7 nitrogen and oxygen atoms in total. The second kappa shape index (κ2) is 8.91. The second-order valence-electron chi connectivity index (χ2n) is 3.61. The largest absolute Gasteiger partial charge is 0.481 e. The first-order valence-corrected chi connectivity index (χ1v) is 5.27. The lowest BCUT2D eigenvalue weighted by molar-refractivity contribution is -0.144. The topological polar surface area (TPSA) is 119 Å². The molecule has 0 rings (SSSR count). The molecule has 100 valence electrons. The van der Waals surface area contributed by atoms with Crippen LogP contribution >= 0.6 is 0 Å². The minimum Gasteiger partial charge on any atom is -0.481 e. The Labute approximate surface area is 99.5 Å². The van der Waals surface area contributed by atoms with Crippen LogP contribution in [0.4, 0.5) is 0 Å². The van der Waals surface area contributed by atoms with Crippen LogP contribution in [0, 0.1) is 5.92 Å². The van der Waals surface area contributed by atoms with Crippen molar-refractivity contribution in [3.63, 3.8) is 0 Å². The molecule has 0 aromatic heterocycles. The van der Waals surface area contributed by atoms with E-state index in [-0.39, 0.29) is 19.4 Å². The number of carbonyl (C=O) groups is 2. The van der Waals surface area contributed by atoms with Crippen LogP contribution in [0.3, 0.4) is 0 Å². The van der Waals surface area contributed by atoms with Gasteiger partial charge in [-0.2, -0.15) is 0 Å². The number of rotatable bonds is 10. The van der Waals surface area contributed by atoms with Gasteiger partial charge < -0.3 is 25.4 Å². The van der Waals surface area contributed by atoms with E-state index in [1.54, 1.807) is 0 Å². The van der Waals surface area contributed by atoms with E-state index in [1.807, 2.05) is 0 Å². The highest BCUT2D eigenvalue weighted by molar-refractivity contribution is 5.75. The van der Waals surface area contributed by atoms with Gasteiger partial charge in [0, 0.05) is 13.7 Å². The number of nitrogens with two attached hydrogens (primary N) is 1. The molecule has 0 aliphatic rings. The summed E-state index contributed by atoms with van der Waals surface area (Å²) in [7, 11) is 1.54. The number of hydrogen-bond acceptors (Lipinski definition) is 5. The van der Waals surface area contributed by atoms with Gasteiger partial charge in [0.2, 0.25) is 0 Å². The Morgan fingerprint density at radius 1 is 1.18 bits per heavy atom. The Kier molecular flexibility index (Phi) is 8.29. The summed E-state index contributed by atoms with van der Waals surface area (Å²) >= 11 is 0. The molecule has 0 amide bonds. The van der Waals surface area contributed by atoms with Gasteiger partial charge in [0.1, 0.15) is 6.04 Å². The van der Waals surface area contributed by atoms with Crippen molar-refractivity contribution in [3.8, 4) is 0 Å². The predicted octanol–water partition coefficient (Wildman–Crippen LogP) is -0.458. The van der Waals surface area contributed by atoms with Gasteiger partial charge in [0.05, 0.1) is 19.1 Å². The third-order valence-corrected chi connectivity index (χ3v) is 2.25. The quantitative estimate of drug-likeness (QED) is 0.448. The molecule has 0 aliphatic heterocycles. The van der Waals surface area contributed by atoms with Crippen molar-refractivity contribution < 1.29 is 29.3 Å². The van der Waals surface area contributed by atoms with E-state index in [4.69, 9.17) is 25.4 Å². The van der Waals surface area contributed by atoms with Crippen LogP contribution < -0.4 is 5.73 Å². The van der Waals surface area contributed by atoms with Crippen molar-refractivity contribution in [2.75, 3.05) is 26.9 Å². The molecule has 7 heteroatoms. The minimum atomic E-state index is -1.20. The Bertz CT molecular complexity index is 245. The van der Waals surface area contributed by atoms with Crippen LogP contribution in [0.2, 0.25) is 0 Å². The van der Waals surface area contributed by atoms with Gasteiger partial charge in [-0.05, 0) is 12.8 Å². The SMILES string of the molecule is COCCOCCC(CC(N)C(=O)O)C(=O)O. The highest BCUT2D eigenvalue weighted by Gasteiger charge is 2.23. The number of carboxylic acids is 2. The lowest BCUT2D eigenvalue weighted by atomic mass is 9.97. The summed E-state index contributed by atoms with van der Waals surface area (Å²) in [5.41, 5.74) is 5.28. The second-order valence-corrected chi connectivity index (χ2v) is 3.61. The molecular formula is C10H19NO6. The number of methoxy groups -OCH3 is 1. The van der Waals surface area contributed by atoms with Crippen molar-refractivity contribution in [2.45, 2.75) is 18.9 Å². The molecule has 2 atom stereocenters. The maximum atomic E-state index is 10.8. The fourth-order valence-corrected chi connectivity index (χ4v) is 1.22. The van der Waals surface area contributed by atoms with Crippen LogP contribution in [-0.2, 0) is 19.1 Å². The van der Waals surface area contributed by atoms with E-state index in [9.17, 15) is 9.59 Å². The molecule has 0 spiro atoms. The van der Waals surface area contributed by atoms with E-state index in [1.165, 1.54) is 7.11 Å². The smallest absolute Gasteiger partial charge is 0.320 e. The summed E-state index contributed by atoms with van der Waals surface area (Å²) in [6.07, 6.45) is 0.137. The van der Waals surface area contributed by atoms with Crippen LogP contribution in [0.25, 0.3) is 0 Å². The first-order chi connectivity index (χ1) is 7.99. The molecule has 0 fully saturated rings. The first-order valence-electron chi connectivity index (χ1n) is 5.27. The summed E-state index contributed by atoms with van der Waals surface area (Å²) in [6, 6.07) is -1.16. The van der Waals surface area contributed by atoms with Crippen molar-refractivity contribution in [2.24, 2.45) is 11.7 Å². The lowest BCUT2D eigenvalue weighted by Gasteiger charge is -2.14. The summed E-state index contributed by atoms with van der Waals surface area (Å²) in [5, 5.41) is 17.5. The minimum absolute atomic E-state index is 0.0989. The van der Waals surface area contributed by atoms with Crippen LogP contribution in [0.15, 0.2) is 0 Å². The zero-order chi connectivity index (χ0) is 13.3. The molecule has 0 saturated heterocycles. The molecule has 0 bridgehead atoms. The highest BCUT2D eigenvalue weighted by atomic mass is 16.5. The van der Waals surface area contributed by atoms with Crippen molar-refractivity contribution in [1.29, 1.82) is 0 Å². The van der Waals surface area contributed by atoms with Crippen LogP contribution in [-0.4, -0.2) is 55.1 Å². The summed E-state index contributed by atoms with van der Waals surface area (Å²) in [5.74, 6) is -3.06. The molecule has 0 aromatic rings. The highest BCUT2D eigenvalue weighted by Crippen LogP contribution is 2.11. The number of ether oxygens (including phenoxy) is 2. The molecule has 2 unspecified atom stereocenters. The molecule has 17 heavy (non-hydrogen) atoms. The average Bonchev–Trinajstić information content (AvgIpc) is 2.26. The molecule has 0 saturated carbocycles. The summed E-state index contributed by atoms with van der Waals surface area (Å²) in [4.78, 5) is 21.4. The maximum absolute atomic E-state index is 10.8. The van der Waals surface area contributed by atoms with Gasteiger partial charge in [0.25, 0.3) is 0 Å². The Hall–Kier alpha value is -1.18. The molecule has 4 N–H and O–H groups in total. The zero-order valence-corrected chi connectivity index (χ0v) is 9.80. The van der Waals surface area contributed by atoms with E-state index in [0.29, 0.717) is 13.2 Å². The third kappa shape index (κ3) is 7.67. The zero-order valence-electron chi connectivity index (χ0n) is 9.80. The van der Waals surface area contributed by atoms with Crippen molar-refractivity contribution >= 4 is 11.9 Å². The van der Waals surface area contributed by atoms with Crippen molar-refractivity contribution in [1.82, 2.24) is 0 Å². The summed E-state index contributed by atoms with van der Waals surface area (Å²) < 4.78 is 9.87. The van der Waals surface area contributed by atoms with E-state index >= 15 is 0 Å². The standard InChI is InChI=1S/C10H19NO6/c1-16-4-5-17-3-2-7(9(12)13)6-8(11)10(14)15/h7-8H,2-6,11H2,1H3,(H,12,13)(H,14,15). The van der Waals surface area contributed by atoms with Gasteiger partial charge in [-0.1, -0.05) is 0 Å². The lowest BCUT2D eigenvalue weighted by Crippen LogP contribution is -2.34. The van der Waals surface area contributed by atoms with Crippen molar-refractivity contribution in [3.05, 3.63) is 0 Å². The molecule has 0 heterocycles. The van der Waals surface area contributed by atoms with E-state index in [0.717, 1.165) is 0 Å². The average molecular weight is 249 g/mol. The Balaban J connectivity index is 3.91. The van der Waals surface area contributed by atoms with E-state index < -0.39 is 23.9 Å². The van der Waals surface area contributed by atoms with Gasteiger partial charge in [0.15, 0.2) is 0 Å². The predicted molar refractivity (Wildman–Crippen MR) is 58.7 cm³/mol. The third-order valence-electron chi connectivity index (χ3n) is 2.25. The molecule has 0 aromatic carbocycles. The first kappa shape index (κ1) is 15.8. The van der Waals surface area contributed by atoms with Gasteiger partial charge in [-0.25, -0.2) is 0 Å². The molecule has 0 aliphatic carbocycles. The van der Waals surface area contributed by atoms with Crippen LogP contribution in [0.1, 0.15) is 12.8 Å². The number of carboxylic acid groups (broad SMARTS) is 2. The van der Waals surface area contributed by atoms with E-state index in [2.05, 4.69) is 0 Å². The Morgan fingerprint density at radius 2 is 1.82 bits per heavy atom. The Morgan fingerprint density at radius 3 is 2.29 bits per heavy atom. The fourth-order valence-electron chi connectivity index (χ4n) is 1.22. The van der Waals surface area contributed by atoms with Crippen LogP contribution in [0.5, 0.6) is 0 Å². The van der Waals surface area contributed by atoms with Gasteiger partial charge in [-0.3, -0.25) is 9.59 Å². The number of aliphatic carboxylic acids is 2. The maximum Gasteiger partial charge on any atom is 0.320 e. The van der Waals surface area contributed by atoms with Gasteiger partial charge in [-0.15, -0.1) is 0 Å². The summed E-state index contributed by atoms with van der Waals surface area (Å²) in [6.45, 7) is 1.06. The fraction of sp³-hybridized carbons (Fsp3) is 0.800. The normalized spacial score (nSPS) is 14.2. The monoisotopic (exact) mass is 249 g/mol.